The van der Waals surface area contributed by atoms with Crippen molar-refractivity contribution in [2.24, 2.45) is 5.92 Å². The molecule has 1 heterocycles. The average molecular weight is 484 g/mol. The topological polar surface area (TPSA) is 40.6 Å². The van der Waals surface area contributed by atoms with Crippen LogP contribution in [0, 0.1) is 5.92 Å². The van der Waals surface area contributed by atoms with E-state index >= 15 is 0 Å². The monoisotopic (exact) mass is 482 g/mol. The fraction of sp³-hybridized carbons (Fsp3) is 0.429. The minimum atomic E-state index is -3.65. The number of anilines is 2. The van der Waals surface area contributed by atoms with Crippen LogP contribution in [0.1, 0.15) is 32.1 Å². The lowest BCUT2D eigenvalue weighted by molar-refractivity contribution is 0.218. The summed E-state index contributed by atoms with van der Waals surface area (Å²) in [4.78, 5) is 2.40. The summed E-state index contributed by atoms with van der Waals surface area (Å²) in [5, 5.41) is 0.403. The van der Waals surface area contributed by atoms with E-state index in [2.05, 4.69) is 20.8 Å². The van der Waals surface area contributed by atoms with Crippen molar-refractivity contribution in [3.05, 3.63) is 52.0 Å². The van der Waals surface area contributed by atoms with Gasteiger partial charge in [0.25, 0.3) is 0 Å². The summed E-state index contributed by atoms with van der Waals surface area (Å²) in [5.74, 6) is 0.368. The Labute approximate surface area is 180 Å². The maximum atomic E-state index is 13.5. The molecule has 1 saturated carbocycles. The predicted molar refractivity (Wildman–Crippen MR) is 118 cm³/mol. The smallest absolute Gasteiger partial charge is 0.245 e. The molecule has 1 aliphatic heterocycles. The normalized spacial score (nSPS) is 23.2. The van der Waals surface area contributed by atoms with Gasteiger partial charge in [-0.1, -0.05) is 49.1 Å². The Hall–Kier alpha value is -1.08. The van der Waals surface area contributed by atoms with Crippen molar-refractivity contribution in [3.63, 3.8) is 0 Å². The standard InChI is InChI=1S/C21H24BrClN2O2S/c1-24-20(15-8-4-2-5-9-15)14-25(16-10-6-3-7-11-16)19-12-17(22)18(23)13-21(19)28(24,26)27/h3,6-7,10-13,15,20H,2,4-5,8-9,14H2,1H3. The summed E-state index contributed by atoms with van der Waals surface area (Å²) in [6, 6.07) is 13.3. The van der Waals surface area contributed by atoms with Gasteiger partial charge in [0.1, 0.15) is 4.90 Å². The number of hydrogen-bond donors (Lipinski definition) is 0. The molecule has 0 radical (unpaired) electrons. The fourth-order valence-corrected chi connectivity index (χ4v) is 6.65. The van der Waals surface area contributed by atoms with Gasteiger partial charge in [-0.2, -0.15) is 4.31 Å². The maximum absolute atomic E-state index is 13.5. The Morgan fingerprint density at radius 1 is 1.07 bits per heavy atom. The largest absolute Gasteiger partial charge is 0.339 e. The van der Waals surface area contributed by atoms with Crippen LogP contribution in [0.25, 0.3) is 0 Å². The minimum absolute atomic E-state index is 0.0737. The van der Waals surface area contributed by atoms with Crippen LogP contribution in [0.15, 0.2) is 51.8 Å². The van der Waals surface area contributed by atoms with E-state index in [0.29, 0.717) is 27.6 Å². The van der Waals surface area contributed by atoms with Crippen molar-refractivity contribution >= 4 is 48.9 Å². The second kappa shape index (κ2) is 7.98. The third-order valence-corrected chi connectivity index (χ3v) is 9.16. The number of halogens is 2. The molecule has 0 saturated heterocycles. The number of fused-ring (bicyclic) bond motifs is 1. The Balaban J connectivity index is 1.90. The lowest BCUT2D eigenvalue weighted by Gasteiger charge is -2.36. The fourth-order valence-electron chi connectivity index (χ4n) is 4.49. The van der Waals surface area contributed by atoms with Crippen LogP contribution in [0.2, 0.25) is 5.02 Å². The molecule has 4 nitrogen and oxygen atoms in total. The van der Waals surface area contributed by atoms with Gasteiger partial charge in [-0.25, -0.2) is 8.42 Å². The molecule has 1 aliphatic carbocycles. The van der Waals surface area contributed by atoms with Crippen LogP contribution in [0.5, 0.6) is 0 Å². The molecule has 2 aromatic rings. The second-order valence-electron chi connectivity index (χ2n) is 7.67. The summed E-state index contributed by atoms with van der Waals surface area (Å²) in [6.45, 7) is 0.630. The van der Waals surface area contributed by atoms with E-state index < -0.39 is 10.0 Å². The van der Waals surface area contributed by atoms with Crippen LogP contribution in [0.4, 0.5) is 11.4 Å². The van der Waals surface area contributed by atoms with Crippen molar-refractivity contribution in [1.29, 1.82) is 0 Å². The third-order valence-electron chi connectivity index (χ3n) is 6.05. The van der Waals surface area contributed by atoms with E-state index in [1.165, 1.54) is 19.3 Å². The van der Waals surface area contributed by atoms with Gasteiger partial charge in [0, 0.05) is 29.8 Å². The van der Waals surface area contributed by atoms with Crippen LogP contribution in [0.3, 0.4) is 0 Å². The number of likely N-dealkylation sites (N-methyl/N-ethyl adjacent to an activating group) is 1. The van der Waals surface area contributed by atoms with Gasteiger partial charge >= 0.3 is 0 Å². The first kappa shape index (κ1) is 20.2. The molecule has 0 N–H and O–H groups in total. The van der Waals surface area contributed by atoms with E-state index in [1.54, 1.807) is 17.4 Å². The molecule has 1 unspecified atom stereocenters. The number of nitrogens with zero attached hydrogens (tertiary/aromatic N) is 2. The lowest BCUT2D eigenvalue weighted by atomic mass is 9.83. The first-order valence-electron chi connectivity index (χ1n) is 9.69. The van der Waals surface area contributed by atoms with E-state index in [9.17, 15) is 8.42 Å². The van der Waals surface area contributed by atoms with Gasteiger partial charge < -0.3 is 4.90 Å². The first-order valence-corrected chi connectivity index (χ1v) is 12.3. The maximum Gasteiger partial charge on any atom is 0.245 e. The molecule has 2 aromatic carbocycles. The zero-order valence-corrected chi connectivity index (χ0v) is 19.0. The van der Waals surface area contributed by atoms with E-state index in [-0.39, 0.29) is 10.9 Å². The highest BCUT2D eigenvalue weighted by atomic mass is 79.9. The van der Waals surface area contributed by atoms with Crippen molar-refractivity contribution in [1.82, 2.24) is 4.31 Å². The van der Waals surface area contributed by atoms with E-state index in [1.807, 2.05) is 36.4 Å². The second-order valence-corrected chi connectivity index (χ2v) is 10.9. The number of sulfonamides is 1. The molecule has 2 aliphatic rings. The molecule has 0 amide bonds. The van der Waals surface area contributed by atoms with Crippen LogP contribution < -0.4 is 4.90 Å². The lowest BCUT2D eigenvalue weighted by Crippen LogP contribution is -2.46. The van der Waals surface area contributed by atoms with Crippen LogP contribution in [-0.4, -0.2) is 32.4 Å². The Morgan fingerprint density at radius 2 is 1.75 bits per heavy atom. The Kier molecular flexibility index (Phi) is 5.76. The van der Waals surface area contributed by atoms with E-state index in [0.717, 1.165) is 18.5 Å². The Morgan fingerprint density at radius 3 is 2.43 bits per heavy atom. The molecule has 7 heteroatoms. The van der Waals surface area contributed by atoms with Crippen molar-refractivity contribution in [2.45, 2.75) is 43.0 Å². The molecule has 1 fully saturated rings. The summed E-state index contributed by atoms with van der Waals surface area (Å²) in [7, 11) is -1.92. The van der Waals surface area contributed by atoms with Gasteiger partial charge in [0.05, 0.1) is 10.7 Å². The summed E-state index contributed by atoms with van der Waals surface area (Å²) >= 11 is 9.78. The summed E-state index contributed by atoms with van der Waals surface area (Å²) < 4.78 is 29.4. The third kappa shape index (κ3) is 3.60. The number of para-hydroxylation sites is 1. The van der Waals surface area contributed by atoms with Gasteiger partial charge in [-0.15, -0.1) is 0 Å². The highest BCUT2D eigenvalue weighted by molar-refractivity contribution is 9.10. The summed E-state index contributed by atoms with van der Waals surface area (Å²) in [5.41, 5.74) is 1.66. The van der Waals surface area contributed by atoms with Gasteiger partial charge in [0.15, 0.2) is 0 Å². The molecule has 4 rings (SSSR count). The Bertz CT molecular complexity index is 962. The first-order chi connectivity index (χ1) is 13.4. The van der Waals surface area contributed by atoms with Gasteiger partial charge in [0.2, 0.25) is 10.0 Å². The van der Waals surface area contributed by atoms with Gasteiger partial charge in [-0.05, 0) is 59.0 Å². The minimum Gasteiger partial charge on any atom is -0.339 e. The predicted octanol–water partition coefficient (Wildman–Crippen LogP) is 5.82. The molecular formula is C21H24BrClN2O2S. The molecular weight excluding hydrogens is 460 g/mol. The quantitative estimate of drug-likeness (QED) is 0.540. The molecule has 0 aromatic heterocycles. The van der Waals surface area contributed by atoms with E-state index in [4.69, 9.17) is 11.6 Å². The highest BCUT2D eigenvalue weighted by Gasteiger charge is 2.40. The van der Waals surface area contributed by atoms with Crippen LogP contribution >= 0.6 is 27.5 Å². The molecule has 0 spiro atoms. The molecule has 28 heavy (non-hydrogen) atoms. The summed E-state index contributed by atoms with van der Waals surface area (Å²) in [6.07, 6.45) is 5.74. The number of rotatable bonds is 2. The molecule has 0 bridgehead atoms. The van der Waals surface area contributed by atoms with Crippen molar-refractivity contribution in [3.8, 4) is 0 Å². The molecule has 1 atom stereocenters. The van der Waals surface area contributed by atoms with Crippen molar-refractivity contribution < 1.29 is 8.42 Å². The zero-order chi connectivity index (χ0) is 19.9. The number of benzene rings is 2. The SMILES string of the molecule is CN1C(C2CCCCC2)CN(c2ccccc2)c2cc(Br)c(Cl)cc2S1(=O)=O. The van der Waals surface area contributed by atoms with Gasteiger partial charge in [-0.3, -0.25) is 0 Å². The average Bonchev–Trinajstić information content (AvgIpc) is 2.78. The van der Waals surface area contributed by atoms with Crippen LogP contribution in [-0.2, 0) is 10.0 Å². The van der Waals surface area contributed by atoms with Crippen molar-refractivity contribution in [2.75, 3.05) is 18.5 Å². The molecule has 150 valence electrons. The number of hydrogen-bond acceptors (Lipinski definition) is 3. The zero-order valence-electron chi connectivity index (χ0n) is 15.8. The highest BCUT2D eigenvalue weighted by Crippen LogP contribution is 2.43.